The monoisotopic (exact) mass is 711 g/mol. The summed E-state index contributed by atoms with van der Waals surface area (Å²) in [6.07, 6.45) is 41.3. The van der Waals surface area contributed by atoms with Crippen LogP contribution < -0.4 is 0 Å². The van der Waals surface area contributed by atoms with E-state index in [-0.39, 0.29) is 17.5 Å². The zero-order valence-corrected chi connectivity index (χ0v) is 35.8. The maximum absolute atomic E-state index is 12.1. The lowest BCUT2D eigenvalue weighted by molar-refractivity contribution is 0.0205. The molecule has 0 aromatic rings. The van der Waals surface area contributed by atoms with Crippen molar-refractivity contribution in [1.82, 2.24) is 0 Å². The van der Waals surface area contributed by atoms with E-state index in [9.17, 15) is 4.39 Å². The minimum absolute atomic E-state index is 0.137. The van der Waals surface area contributed by atoms with Gasteiger partial charge in [-0.05, 0) is 54.8 Å². The summed E-state index contributed by atoms with van der Waals surface area (Å²) >= 11 is 0. The Morgan fingerprint density at radius 2 is 0.820 bits per heavy atom. The van der Waals surface area contributed by atoms with Crippen LogP contribution in [0.4, 0.5) is 4.39 Å². The highest BCUT2D eigenvalue weighted by atomic mass is 19.1. The van der Waals surface area contributed by atoms with Gasteiger partial charge in [0.1, 0.15) is 0 Å². The Morgan fingerprint density at radius 3 is 1.20 bits per heavy atom. The molecule has 0 aliphatic heterocycles. The molecule has 0 N–H and O–H groups in total. The molecule has 302 valence electrons. The Morgan fingerprint density at radius 1 is 0.460 bits per heavy atom. The third kappa shape index (κ3) is 36.2. The van der Waals surface area contributed by atoms with Crippen LogP contribution in [-0.2, 0) is 9.47 Å². The molecule has 0 aliphatic rings. The maximum Gasteiger partial charge on any atom is 0.0894 e. The summed E-state index contributed by atoms with van der Waals surface area (Å²) in [5.41, 5.74) is 0.550. The summed E-state index contributed by atoms with van der Waals surface area (Å²) in [6, 6.07) is 0. The predicted octanol–water partition coefficient (Wildman–Crippen LogP) is 16.4. The molecule has 0 fully saturated rings. The second-order valence-corrected chi connectivity index (χ2v) is 18.4. The first-order chi connectivity index (χ1) is 24.1. The van der Waals surface area contributed by atoms with Crippen LogP contribution in [0.3, 0.4) is 0 Å². The first-order valence-electron chi connectivity index (χ1n) is 22.8. The van der Waals surface area contributed by atoms with Crippen LogP contribution in [0.25, 0.3) is 0 Å². The largest absolute Gasteiger partial charge is 0.381 e. The van der Waals surface area contributed by atoms with Gasteiger partial charge in [-0.1, -0.05) is 215 Å². The van der Waals surface area contributed by atoms with E-state index in [4.69, 9.17) is 9.47 Å². The van der Waals surface area contributed by atoms with Gasteiger partial charge >= 0.3 is 0 Å². The molecule has 0 rings (SSSR count). The molecule has 0 aliphatic carbocycles. The minimum Gasteiger partial charge on any atom is -0.381 e. The standard InChI is InChI=1S/C47H95FO2/c1-8-44(2)36-32-28-24-20-16-15-19-22-26-30-34-39-49-41-37-47(6,7)42-45(46(3,4)5)43-50-40-35-31-27-23-18-14-12-10-9-11-13-17-21-25-29-33-38-48/h44-45H,8-43H2,1-7H3. The Hall–Kier alpha value is -0.150. The van der Waals surface area contributed by atoms with Crippen molar-refractivity contribution in [2.75, 3.05) is 33.1 Å². The predicted molar refractivity (Wildman–Crippen MR) is 222 cm³/mol. The van der Waals surface area contributed by atoms with Crippen LogP contribution >= 0.6 is 0 Å². The van der Waals surface area contributed by atoms with E-state index in [0.29, 0.717) is 5.92 Å². The molecule has 0 heterocycles. The number of alkyl halides is 1. The Labute approximate surface area is 316 Å². The first-order valence-corrected chi connectivity index (χ1v) is 22.8. The number of unbranched alkanes of at least 4 members (excludes halogenated alkanes) is 25. The van der Waals surface area contributed by atoms with Crippen molar-refractivity contribution >= 4 is 0 Å². The molecule has 0 saturated carbocycles. The first kappa shape index (κ1) is 49.9. The quantitative estimate of drug-likeness (QED) is 0.0590. The zero-order chi connectivity index (χ0) is 37.0. The van der Waals surface area contributed by atoms with Crippen molar-refractivity contribution in [3.63, 3.8) is 0 Å². The molecule has 50 heavy (non-hydrogen) atoms. The van der Waals surface area contributed by atoms with Gasteiger partial charge in [0.2, 0.25) is 0 Å². The molecular formula is C47H95FO2. The van der Waals surface area contributed by atoms with Crippen LogP contribution in [0.5, 0.6) is 0 Å². The van der Waals surface area contributed by atoms with Crippen molar-refractivity contribution in [2.24, 2.45) is 22.7 Å². The molecule has 3 heteroatoms. The average molecular weight is 711 g/mol. The second-order valence-electron chi connectivity index (χ2n) is 18.4. The van der Waals surface area contributed by atoms with E-state index >= 15 is 0 Å². The van der Waals surface area contributed by atoms with E-state index in [1.807, 2.05) is 0 Å². The summed E-state index contributed by atoms with van der Waals surface area (Å²) in [5.74, 6) is 1.51. The van der Waals surface area contributed by atoms with E-state index in [1.165, 1.54) is 180 Å². The van der Waals surface area contributed by atoms with Crippen LogP contribution in [0.2, 0.25) is 0 Å². The van der Waals surface area contributed by atoms with Crippen LogP contribution in [0, 0.1) is 22.7 Å². The summed E-state index contributed by atoms with van der Waals surface area (Å²) < 4.78 is 24.5. The number of halogens is 1. The fraction of sp³-hybridized carbons (Fsp3) is 1.00. The second kappa shape index (κ2) is 35.9. The highest BCUT2D eigenvalue weighted by Crippen LogP contribution is 2.38. The van der Waals surface area contributed by atoms with Gasteiger partial charge in [-0.3, -0.25) is 4.39 Å². The summed E-state index contributed by atoms with van der Waals surface area (Å²) in [4.78, 5) is 0. The van der Waals surface area contributed by atoms with E-state index < -0.39 is 0 Å². The van der Waals surface area contributed by atoms with E-state index in [0.717, 1.165) is 51.6 Å². The van der Waals surface area contributed by atoms with Gasteiger partial charge in [0.15, 0.2) is 0 Å². The van der Waals surface area contributed by atoms with Crippen molar-refractivity contribution in [1.29, 1.82) is 0 Å². The molecule has 2 unspecified atom stereocenters. The molecule has 0 radical (unpaired) electrons. The molecule has 2 nitrogen and oxygen atoms in total. The zero-order valence-electron chi connectivity index (χ0n) is 35.8. The van der Waals surface area contributed by atoms with Gasteiger partial charge in [-0.25, -0.2) is 0 Å². The van der Waals surface area contributed by atoms with Gasteiger partial charge in [-0.15, -0.1) is 0 Å². The average Bonchev–Trinajstić information content (AvgIpc) is 3.07. The third-order valence-corrected chi connectivity index (χ3v) is 11.6. The van der Waals surface area contributed by atoms with Gasteiger partial charge in [0.25, 0.3) is 0 Å². The van der Waals surface area contributed by atoms with Gasteiger partial charge in [0.05, 0.1) is 6.67 Å². The molecule has 0 spiro atoms. The van der Waals surface area contributed by atoms with Gasteiger partial charge in [-0.2, -0.15) is 0 Å². The van der Waals surface area contributed by atoms with E-state index in [1.54, 1.807) is 0 Å². The SMILES string of the molecule is CCC(C)CCCCCCCCCCCCCOCCC(C)(C)CC(COCCCCCCCCCCCCCCCCCCF)C(C)(C)C. The number of ether oxygens (including phenoxy) is 2. The molecule has 0 bridgehead atoms. The van der Waals surface area contributed by atoms with Gasteiger partial charge in [0, 0.05) is 26.4 Å². The summed E-state index contributed by atoms with van der Waals surface area (Å²) in [7, 11) is 0. The van der Waals surface area contributed by atoms with Crippen molar-refractivity contribution in [3.8, 4) is 0 Å². The highest BCUT2D eigenvalue weighted by molar-refractivity contribution is 4.81. The van der Waals surface area contributed by atoms with Gasteiger partial charge < -0.3 is 9.47 Å². The number of hydrogen-bond donors (Lipinski definition) is 0. The highest BCUT2D eigenvalue weighted by Gasteiger charge is 2.31. The Bertz CT molecular complexity index is 656. The Balaban J connectivity index is 3.69. The Kier molecular flexibility index (Phi) is 35.8. The molecule has 2 atom stereocenters. The van der Waals surface area contributed by atoms with E-state index in [2.05, 4.69) is 48.5 Å². The lowest BCUT2D eigenvalue weighted by Crippen LogP contribution is -2.31. The molecule has 0 amide bonds. The smallest absolute Gasteiger partial charge is 0.0894 e. The van der Waals surface area contributed by atoms with Crippen LogP contribution in [0.1, 0.15) is 248 Å². The molecule has 0 aromatic carbocycles. The van der Waals surface area contributed by atoms with Crippen LogP contribution in [0.15, 0.2) is 0 Å². The lowest BCUT2D eigenvalue weighted by Gasteiger charge is -2.37. The van der Waals surface area contributed by atoms with Crippen molar-refractivity contribution < 1.29 is 13.9 Å². The number of rotatable bonds is 40. The summed E-state index contributed by atoms with van der Waals surface area (Å²) in [6.45, 7) is 20.3. The topological polar surface area (TPSA) is 18.5 Å². The minimum atomic E-state index is -0.137. The molecule has 0 aromatic heterocycles. The lowest BCUT2D eigenvalue weighted by atomic mass is 9.71. The number of hydrogen-bond acceptors (Lipinski definition) is 2. The normalized spacial score (nSPS) is 13.7. The fourth-order valence-electron chi connectivity index (χ4n) is 7.33. The third-order valence-electron chi connectivity index (χ3n) is 11.6. The summed E-state index contributed by atoms with van der Waals surface area (Å²) in [5, 5.41) is 0. The van der Waals surface area contributed by atoms with Crippen molar-refractivity contribution in [2.45, 2.75) is 248 Å². The fourth-order valence-corrected chi connectivity index (χ4v) is 7.33. The maximum atomic E-state index is 12.1. The van der Waals surface area contributed by atoms with Crippen molar-refractivity contribution in [3.05, 3.63) is 0 Å². The molecule has 0 saturated heterocycles. The van der Waals surface area contributed by atoms with Crippen LogP contribution in [-0.4, -0.2) is 33.1 Å². The molecular weight excluding hydrogens is 616 g/mol.